The number of benzene rings is 1. The lowest BCUT2D eigenvalue weighted by atomic mass is 10.4. The Morgan fingerprint density at radius 1 is 1.37 bits per heavy atom. The number of hydrogen-bond donors (Lipinski definition) is 2. The summed E-state index contributed by atoms with van der Waals surface area (Å²) < 4.78 is 28.7. The average Bonchev–Trinajstić information content (AvgIpc) is 2.76. The van der Waals surface area contributed by atoms with Gasteiger partial charge < -0.3 is 5.11 Å². The number of rotatable bonds is 5. The van der Waals surface area contributed by atoms with Gasteiger partial charge in [-0.15, -0.1) is 0 Å². The van der Waals surface area contributed by atoms with E-state index >= 15 is 0 Å². The Bertz CT molecular complexity index is 669. The van der Waals surface area contributed by atoms with Gasteiger partial charge in [0.25, 0.3) is 10.0 Å². The molecule has 102 valence electrons. The Morgan fingerprint density at radius 2 is 2.11 bits per heavy atom. The van der Waals surface area contributed by atoms with Crippen LogP contribution in [0.1, 0.15) is 0 Å². The average molecular weight is 346 g/mol. The third-order valence-corrected chi connectivity index (χ3v) is 4.73. The highest BCUT2D eigenvalue weighted by Crippen LogP contribution is 2.23. The number of aliphatic hydroxyl groups excluding tert-OH is 1. The molecule has 0 bridgehead atoms. The molecule has 0 aliphatic heterocycles. The van der Waals surface area contributed by atoms with Crippen molar-refractivity contribution >= 4 is 31.6 Å². The van der Waals surface area contributed by atoms with Gasteiger partial charge in [0.1, 0.15) is 4.90 Å². The van der Waals surface area contributed by atoms with E-state index in [1.54, 1.807) is 18.2 Å². The number of nitrogens with one attached hydrogen (secondary N) is 1. The highest BCUT2D eigenvalue weighted by Gasteiger charge is 2.17. The minimum absolute atomic E-state index is 0.0574. The van der Waals surface area contributed by atoms with Gasteiger partial charge >= 0.3 is 0 Å². The quantitative estimate of drug-likeness (QED) is 0.858. The normalized spacial score (nSPS) is 11.5. The van der Waals surface area contributed by atoms with E-state index in [2.05, 4.69) is 25.8 Å². The van der Waals surface area contributed by atoms with Crippen molar-refractivity contribution in [2.45, 2.75) is 11.4 Å². The van der Waals surface area contributed by atoms with Gasteiger partial charge in [0.15, 0.2) is 0 Å². The summed E-state index contributed by atoms with van der Waals surface area (Å²) >= 11 is 3.20. The predicted molar refractivity (Wildman–Crippen MR) is 74.3 cm³/mol. The first-order valence-corrected chi connectivity index (χ1v) is 7.71. The summed E-state index contributed by atoms with van der Waals surface area (Å²) in [6.45, 7) is 0.259. The van der Waals surface area contributed by atoms with Crippen molar-refractivity contribution in [1.82, 2.24) is 9.78 Å². The van der Waals surface area contributed by atoms with Gasteiger partial charge in [0.2, 0.25) is 0 Å². The fraction of sp³-hybridized carbons (Fsp3) is 0.182. The fourth-order valence-electron chi connectivity index (χ4n) is 1.51. The lowest BCUT2D eigenvalue weighted by Gasteiger charge is -2.07. The van der Waals surface area contributed by atoms with Crippen molar-refractivity contribution < 1.29 is 13.5 Å². The van der Waals surface area contributed by atoms with E-state index in [-0.39, 0.29) is 11.5 Å². The number of anilines is 1. The summed E-state index contributed by atoms with van der Waals surface area (Å²) in [5.41, 5.74) is 0.351. The molecule has 1 aromatic heterocycles. The van der Waals surface area contributed by atoms with Crippen LogP contribution in [0.4, 0.5) is 5.69 Å². The topological polar surface area (TPSA) is 84.2 Å². The van der Waals surface area contributed by atoms with Crippen molar-refractivity contribution in [2.75, 3.05) is 11.3 Å². The van der Waals surface area contributed by atoms with E-state index in [1.807, 2.05) is 0 Å². The minimum atomic E-state index is -3.66. The molecule has 0 aliphatic rings. The second kappa shape index (κ2) is 5.72. The van der Waals surface area contributed by atoms with Gasteiger partial charge in [0.05, 0.1) is 25.0 Å². The second-order valence-electron chi connectivity index (χ2n) is 3.75. The van der Waals surface area contributed by atoms with Gasteiger partial charge in [-0.3, -0.25) is 9.40 Å². The molecule has 0 atom stereocenters. The Morgan fingerprint density at radius 3 is 2.79 bits per heavy atom. The van der Waals surface area contributed by atoms with Crippen LogP contribution < -0.4 is 4.72 Å². The molecule has 6 nitrogen and oxygen atoms in total. The maximum absolute atomic E-state index is 12.2. The first-order chi connectivity index (χ1) is 9.03. The highest BCUT2D eigenvalue weighted by molar-refractivity contribution is 9.10. The minimum Gasteiger partial charge on any atom is -0.394 e. The molecule has 0 saturated heterocycles. The molecule has 0 aliphatic carbocycles. The molecule has 1 heterocycles. The number of hydrogen-bond acceptors (Lipinski definition) is 4. The molecule has 0 spiro atoms. The van der Waals surface area contributed by atoms with Crippen molar-refractivity contribution in [3.63, 3.8) is 0 Å². The zero-order valence-electron chi connectivity index (χ0n) is 9.82. The van der Waals surface area contributed by atoms with Gasteiger partial charge in [0, 0.05) is 10.7 Å². The molecule has 8 heteroatoms. The smallest absolute Gasteiger partial charge is 0.263 e. The van der Waals surface area contributed by atoms with Crippen LogP contribution >= 0.6 is 15.9 Å². The van der Waals surface area contributed by atoms with Crippen LogP contribution in [0.3, 0.4) is 0 Å². The molecule has 2 rings (SSSR count). The molecule has 0 saturated carbocycles. The van der Waals surface area contributed by atoms with Crippen molar-refractivity contribution in [2.24, 2.45) is 0 Å². The highest BCUT2D eigenvalue weighted by atomic mass is 79.9. The molecular weight excluding hydrogens is 334 g/mol. The summed E-state index contributed by atoms with van der Waals surface area (Å²) in [5, 5.41) is 12.7. The molecule has 0 amide bonds. The van der Waals surface area contributed by atoms with E-state index in [0.717, 1.165) is 0 Å². The number of nitrogens with zero attached hydrogens (tertiary/aromatic N) is 2. The van der Waals surface area contributed by atoms with Crippen LogP contribution in [0.5, 0.6) is 0 Å². The first-order valence-electron chi connectivity index (χ1n) is 5.43. The summed E-state index contributed by atoms with van der Waals surface area (Å²) in [7, 11) is -3.66. The molecule has 0 radical (unpaired) electrons. The Hall–Kier alpha value is -1.38. The molecule has 1 aromatic carbocycles. The Kier molecular flexibility index (Phi) is 4.23. The van der Waals surface area contributed by atoms with Gasteiger partial charge in [-0.05, 0) is 28.1 Å². The largest absolute Gasteiger partial charge is 0.394 e. The van der Waals surface area contributed by atoms with Crippen LogP contribution in [0, 0.1) is 0 Å². The molecular formula is C11H12BrN3O3S. The standard InChI is InChI=1S/C11H12BrN3O3S/c12-10-3-1-2-4-11(10)19(17,18)14-9-7-13-15(8-9)5-6-16/h1-4,7-8,14,16H,5-6H2. The molecule has 2 N–H and O–H groups in total. The summed E-state index contributed by atoms with van der Waals surface area (Å²) in [4.78, 5) is 0.157. The van der Waals surface area contributed by atoms with Crippen molar-refractivity contribution in [3.8, 4) is 0 Å². The number of halogens is 1. The van der Waals surface area contributed by atoms with Crippen LogP contribution in [0.2, 0.25) is 0 Å². The number of aromatic nitrogens is 2. The summed E-state index contributed by atoms with van der Waals surface area (Å²) in [6, 6.07) is 6.55. The Labute approximate surface area is 119 Å². The van der Waals surface area contributed by atoms with E-state index in [4.69, 9.17) is 5.11 Å². The second-order valence-corrected chi connectivity index (χ2v) is 6.26. The lowest BCUT2D eigenvalue weighted by molar-refractivity contribution is 0.269. The van der Waals surface area contributed by atoms with Gasteiger partial charge in [-0.2, -0.15) is 5.10 Å². The number of sulfonamides is 1. The molecule has 0 fully saturated rings. The molecule has 0 unspecified atom stereocenters. The maximum atomic E-state index is 12.2. The maximum Gasteiger partial charge on any atom is 0.263 e. The van der Waals surface area contributed by atoms with Crippen LogP contribution in [0.25, 0.3) is 0 Å². The summed E-state index contributed by atoms with van der Waals surface area (Å²) in [6.07, 6.45) is 2.91. The van der Waals surface area contributed by atoms with Crippen LogP contribution in [0.15, 0.2) is 46.0 Å². The summed E-state index contributed by atoms with van der Waals surface area (Å²) in [5.74, 6) is 0. The zero-order chi connectivity index (χ0) is 13.9. The van der Waals surface area contributed by atoms with E-state index < -0.39 is 10.0 Å². The predicted octanol–water partition coefficient (Wildman–Crippen LogP) is 1.44. The van der Waals surface area contributed by atoms with Gasteiger partial charge in [-0.25, -0.2) is 8.42 Å². The SMILES string of the molecule is O=S(=O)(Nc1cnn(CCO)c1)c1ccccc1Br. The molecule has 19 heavy (non-hydrogen) atoms. The Balaban J connectivity index is 2.24. The van der Waals surface area contributed by atoms with Crippen LogP contribution in [-0.2, 0) is 16.6 Å². The lowest BCUT2D eigenvalue weighted by Crippen LogP contribution is -2.13. The third kappa shape index (κ3) is 3.34. The van der Waals surface area contributed by atoms with Crippen molar-refractivity contribution in [1.29, 1.82) is 0 Å². The molecule has 2 aromatic rings. The number of aliphatic hydroxyl groups is 1. The zero-order valence-corrected chi connectivity index (χ0v) is 12.2. The van der Waals surface area contributed by atoms with E-state index in [9.17, 15) is 8.42 Å². The van der Waals surface area contributed by atoms with Crippen LogP contribution in [-0.4, -0.2) is 29.9 Å². The van der Waals surface area contributed by atoms with E-state index in [0.29, 0.717) is 16.7 Å². The third-order valence-electron chi connectivity index (χ3n) is 2.34. The fourth-order valence-corrected chi connectivity index (χ4v) is 3.55. The monoisotopic (exact) mass is 345 g/mol. The van der Waals surface area contributed by atoms with Gasteiger partial charge in [-0.1, -0.05) is 12.1 Å². The van der Waals surface area contributed by atoms with E-state index in [1.165, 1.54) is 23.1 Å². The van der Waals surface area contributed by atoms with Crippen molar-refractivity contribution in [3.05, 3.63) is 41.1 Å². The first kappa shape index (κ1) is 14.0.